The summed E-state index contributed by atoms with van der Waals surface area (Å²) in [5.74, 6) is 1.22. The third kappa shape index (κ3) is 4.25. The first-order valence-electron chi connectivity index (χ1n) is 9.39. The standard InChI is InChI=1S/C20H28N4.ClH/c1-16-14-23(12-9-21-16)15-18-13-17-7-3-4-8-19(17)22-20(18)24-10-5-2-6-11-24;/h3-4,7-8,13,16,21H,2,5-6,9-12,14-15H2,1H3;1H. The van der Waals surface area contributed by atoms with Crippen LogP contribution in [0.3, 0.4) is 0 Å². The quantitative estimate of drug-likeness (QED) is 0.908. The lowest BCUT2D eigenvalue weighted by molar-refractivity contribution is 0.199. The number of benzene rings is 1. The van der Waals surface area contributed by atoms with Crippen molar-refractivity contribution in [2.75, 3.05) is 37.6 Å². The van der Waals surface area contributed by atoms with E-state index in [4.69, 9.17) is 4.98 Å². The van der Waals surface area contributed by atoms with Gasteiger partial charge in [0, 0.05) is 56.3 Å². The monoisotopic (exact) mass is 360 g/mol. The molecule has 0 saturated carbocycles. The van der Waals surface area contributed by atoms with Gasteiger partial charge >= 0.3 is 0 Å². The Morgan fingerprint density at radius 3 is 2.72 bits per heavy atom. The lowest BCUT2D eigenvalue weighted by Gasteiger charge is -2.34. The fourth-order valence-electron chi connectivity index (χ4n) is 4.04. The highest BCUT2D eigenvalue weighted by Gasteiger charge is 2.21. The van der Waals surface area contributed by atoms with Gasteiger partial charge in [0.25, 0.3) is 0 Å². The van der Waals surface area contributed by atoms with Crippen molar-refractivity contribution in [2.45, 2.75) is 38.8 Å². The average molecular weight is 361 g/mol. The van der Waals surface area contributed by atoms with Gasteiger partial charge in [-0.1, -0.05) is 18.2 Å². The van der Waals surface area contributed by atoms with Gasteiger partial charge in [-0.25, -0.2) is 4.98 Å². The fraction of sp³-hybridized carbons (Fsp3) is 0.550. The molecule has 0 amide bonds. The largest absolute Gasteiger partial charge is 0.356 e. The number of nitrogens with one attached hydrogen (secondary N) is 1. The molecule has 5 heteroatoms. The smallest absolute Gasteiger partial charge is 0.133 e. The zero-order chi connectivity index (χ0) is 16.4. The zero-order valence-electron chi connectivity index (χ0n) is 15.1. The molecule has 1 unspecified atom stereocenters. The fourth-order valence-corrected chi connectivity index (χ4v) is 4.04. The predicted molar refractivity (Wildman–Crippen MR) is 108 cm³/mol. The van der Waals surface area contributed by atoms with Crippen LogP contribution in [-0.4, -0.2) is 48.6 Å². The normalized spacial score (nSPS) is 22.0. The number of anilines is 1. The van der Waals surface area contributed by atoms with Gasteiger partial charge in [0.1, 0.15) is 5.82 Å². The molecule has 2 aromatic rings. The van der Waals surface area contributed by atoms with Crippen molar-refractivity contribution in [3.63, 3.8) is 0 Å². The number of piperidine rings is 1. The van der Waals surface area contributed by atoms with Crippen LogP contribution < -0.4 is 10.2 Å². The predicted octanol–water partition coefficient (Wildman–Crippen LogP) is 3.44. The number of hydrogen-bond acceptors (Lipinski definition) is 4. The summed E-state index contributed by atoms with van der Waals surface area (Å²) in [7, 11) is 0. The highest BCUT2D eigenvalue weighted by molar-refractivity contribution is 5.85. The van der Waals surface area contributed by atoms with Gasteiger partial charge in [-0.05, 0) is 38.3 Å². The molecule has 0 spiro atoms. The van der Waals surface area contributed by atoms with Gasteiger partial charge in [0.15, 0.2) is 0 Å². The minimum Gasteiger partial charge on any atom is -0.356 e. The van der Waals surface area contributed by atoms with Crippen LogP contribution in [0.5, 0.6) is 0 Å². The first-order chi connectivity index (χ1) is 11.8. The van der Waals surface area contributed by atoms with E-state index < -0.39 is 0 Å². The first-order valence-corrected chi connectivity index (χ1v) is 9.39. The molecule has 0 aliphatic carbocycles. The summed E-state index contributed by atoms with van der Waals surface area (Å²) in [5, 5.41) is 4.80. The molecule has 136 valence electrons. The third-order valence-electron chi connectivity index (χ3n) is 5.28. The molecule has 25 heavy (non-hydrogen) atoms. The second-order valence-electron chi connectivity index (χ2n) is 7.30. The first kappa shape index (κ1) is 18.4. The summed E-state index contributed by atoms with van der Waals surface area (Å²) in [6.45, 7) is 8.91. The molecule has 2 aliphatic heterocycles. The van der Waals surface area contributed by atoms with Gasteiger partial charge in [-0.15, -0.1) is 12.4 Å². The zero-order valence-corrected chi connectivity index (χ0v) is 15.9. The average Bonchev–Trinajstić information content (AvgIpc) is 2.62. The van der Waals surface area contributed by atoms with Crippen molar-refractivity contribution >= 4 is 29.1 Å². The minimum atomic E-state index is 0. The molecule has 4 rings (SSSR count). The highest BCUT2D eigenvalue weighted by atomic mass is 35.5. The van der Waals surface area contributed by atoms with Gasteiger partial charge in [0.05, 0.1) is 5.52 Å². The number of hydrogen-bond donors (Lipinski definition) is 1. The van der Waals surface area contributed by atoms with Crippen molar-refractivity contribution in [1.29, 1.82) is 0 Å². The third-order valence-corrected chi connectivity index (χ3v) is 5.28. The summed E-state index contributed by atoms with van der Waals surface area (Å²) in [6, 6.07) is 11.5. The summed E-state index contributed by atoms with van der Waals surface area (Å²) >= 11 is 0. The molecule has 1 atom stereocenters. The number of piperazine rings is 1. The van der Waals surface area contributed by atoms with Crippen LogP contribution in [0.2, 0.25) is 0 Å². The van der Waals surface area contributed by atoms with Gasteiger partial charge in [-0.3, -0.25) is 4.90 Å². The molecular formula is C20H29ClN4. The van der Waals surface area contributed by atoms with Crippen LogP contribution in [0.1, 0.15) is 31.7 Å². The van der Waals surface area contributed by atoms with Crippen LogP contribution in [-0.2, 0) is 6.54 Å². The van der Waals surface area contributed by atoms with Crippen molar-refractivity contribution in [1.82, 2.24) is 15.2 Å². The molecule has 1 aromatic carbocycles. The molecule has 0 bridgehead atoms. The van der Waals surface area contributed by atoms with Crippen molar-refractivity contribution in [3.05, 3.63) is 35.9 Å². The lowest BCUT2D eigenvalue weighted by atomic mass is 10.1. The Morgan fingerprint density at radius 2 is 1.92 bits per heavy atom. The molecule has 4 nitrogen and oxygen atoms in total. The van der Waals surface area contributed by atoms with E-state index in [2.05, 4.69) is 52.4 Å². The lowest BCUT2D eigenvalue weighted by Crippen LogP contribution is -2.48. The van der Waals surface area contributed by atoms with Crippen LogP contribution >= 0.6 is 12.4 Å². The SMILES string of the molecule is CC1CN(Cc2cc3ccccc3nc2N2CCCCC2)CCN1.Cl. The molecule has 0 radical (unpaired) electrons. The number of para-hydroxylation sites is 1. The Labute approximate surface area is 157 Å². The highest BCUT2D eigenvalue weighted by Crippen LogP contribution is 2.27. The van der Waals surface area contributed by atoms with E-state index in [1.165, 1.54) is 36.0 Å². The van der Waals surface area contributed by atoms with E-state index in [0.29, 0.717) is 6.04 Å². The summed E-state index contributed by atoms with van der Waals surface area (Å²) in [6.07, 6.45) is 3.94. The number of aromatic nitrogens is 1. The van der Waals surface area contributed by atoms with Gasteiger partial charge < -0.3 is 10.2 Å². The Balaban J connectivity index is 0.00000182. The molecule has 1 aromatic heterocycles. The Hall–Kier alpha value is -1.36. The molecule has 3 heterocycles. The van der Waals surface area contributed by atoms with E-state index >= 15 is 0 Å². The summed E-state index contributed by atoms with van der Waals surface area (Å²) in [4.78, 5) is 10.1. The topological polar surface area (TPSA) is 31.4 Å². The Bertz CT molecular complexity index is 699. The van der Waals surface area contributed by atoms with Crippen LogP contribution in [0.15, 0.2) is 30.3 Å². The van der Waals surface area contributed by atoms with Crippen molar-refractivity contribution in [3.8, 4) is 0 Å². The maximum Gasteiger partial charge on any atom is 0.133 e. The summed E-state index contributed by atoms with van der Waals surface area (Å²) < 4.78 is 0. The van der Waals surface area contributed by atoms with E-state index in [9.17, 15) is 0 Å². The Kier molecular flexibility index (Phi) is 6.15. The van der Waals surface area contributed by atoms with Gasteiger partial charge in [0.2, 0.25) is 0 Å². The van der Waals surface area contributed by atoms with Crippen LogP contribution in [0, 0.1) is 0 Å². The molecule has 2 aliphatic rings. The van der Waals surface area contributed by atoms with Crippen LogP contribution in [0.4, 0.5) is 5.82 Å². The number of fused-ring (bicyclic) bond motifs is 1. The van der Waals surface area contributed by atoms with Gasteiger partial charge in [-0.2, -0.15) is 0 Å². The number of pyridine rings is 1. The number of rotatable bonds is 3. The maximum absolute atomic E-state index is 5.07. The maximum atomic E-state index is 5.07. The molecular weight excluding hydrogens is 332 g/mol. The van der Waals surface area contributed by atoms with Crippen molar-refractivity contribution < 1.29 is 0 Å². The molecule has 2 saturated heterocycles. The Morgan fingerprint density at radius 1 is 1.12 bits per heavy atom. The van der Waals surface area contributed by atoms with Crippen molar-refractivity contribution in [2.24, 2.45) is 0 Å². The minimum absolute atomic E-state index is 0. The van der Waals surface area contributed by atoms with E-state index in [1.807, 2.05) is 0 Å². The van der Waals surface area contributed by atoms with E-state index in [0.717, 1.165) is 44.8 Å². The molecule has 2 fully saturated rings. The second-order valence-corrected chi connectivity index (χ2v) is 7.30. The molecule has 1 N–H and O–H groups in total. The summed E-state index contributed by atoms with van der Waals surface area (Å²) in [5.41, 5.74) is 2.51. The van der Waals surface area contributed by atoms with E-state index in [1.54, 1.807) is 0 Å². The second kappa shape index (κ2) is 8.35. The van der Waals surface area contributed by atoms with Crippen LogP contribution in [0.25, 0.3) is 10.9 Å². The number of halogens is 1. The van der Waals surface area contributed by atoms with E-state index in [-0.39, 0.29) is 12.4 Å². The number of nitrogens with zero attached hydrogens (tertiary/aromatic N) is 3.